The molecule has 0 unspecified atom stereocenters. The second-order valence-electron chi connectivity index (χ2n) is 2.38. The predicted molar refractivity (Wildman–Crippen MR) is 49.7 cm³/mol. The summed E-state index contributed by atoms with van der Waals surface area (Å²) in [5, 5.41) is 0.509. The van der Waals surface area contributed by atoms with Gasteiger partial charge in [0.05, 0.1) is 10.6 Å². The van der Waals surface area contributed by atoms with Crippen molar-refractivity contribution in [1.29, 1.82) is 0 Å². The highest BCUT2D eigenvalue weighted by Crippen LogP contribution is 2.21. The van der Waals surface area contributed by atoms with Crippen LogP contribution in [0.15, 0.2) is 0 Å². The highest BCUT2D eigenvalue weighted by Gasteiger charge is 2.10. The largest absolute Gasteiger partial charge is 0.294 e. The molecule has 0 aliphatic carbocycles. The first-order valence-corrected chi connectivity index (χ1v) is 4.40. The monoisotopic (exact) mass is 199 g/mol. The predicted octanol–water partition coefficient (Wildman–Crippen LogP) is 0.727. The first kappa shape index (κ1) is 9.66. The summed E-state index contributed by atoms with van der Waals surface area (Å²) < 4.78 is 0. The molecule has 0 atom stereocenters. The number of aryl methyl sites for hydroxylation is 1. The first-order valence-electron chi connectivity index (χ1n) is 3.58. The lowest BCUT2D eigenvalue weighted by atomic mass is 10.3. The van der Waals surface area contributed by atoms with E-state index in [1.807, 2.05) is 0 Å². The minimum Gasteiger partial charge on any atom is -0.294 e. The number of Topliss-reactive ketones (excluding diaryl/α,β-unsaturated/α-hetero) is 1. The highest BCUT2D eigenvalue weighted by molar-refractivity contribution is 7.17. The molecule has 1 amide bonds. The lowest BCUT2D eigenvalue weighted by molar-refractivity contribution is -0.109. The maximum absolute atomic E-state index is 11.0. The minimum absolute atomic E-state index is 0.0193. The third-order valence-corrected chi connectivity index (χ3v) is 2.53. The summed E-state index contributed by atoms with van der Waals surface area (Å²) >= 11 is 1.21. The standard InChI is InChI=1S/C7H9N3O2S/c1-4-6(5(2)12)13-7(9-4)10-8-3-11/h3H,1-2H3,(H,8,11)(H,9,10). The molecule has 0 saturated carbocycles. The fraction of sp³-hybridized carbons (Fsp3) is 0.286. The number of rotatable bonds is 4. The molecule has 0 radical (unpaired) electrons. The number of carbonyl (C=O) groups is 2. The molecule has 1 aromatic heterocycles. The number of amides is 1. The van der Waals surface area contributed by atoms with Crippen LogP contribution in [-0.2, 0) is 4.79 Å². The molecule has 0 bridgehead atoms. The Labute approximate surface area is 79.1 Å². The molecule has 5 nitrogen and oxygen atoms in total. The van der Waals surface area contributed by atoms with Crippen molar-refractivity contribution < 1.29 is 9.59 Å². The molecule has 6 heteroatoms. The smallest absolute Gasteiger partial charge is 0.225 e. The Morgan fingerprint density at radius 2 is 2.31 bits per heavy atom. The van der Waals surface area contributed by atoms with Gasteiger partial charge in [0.1, 0.15) is 0 Å². The molecule has 70 valence electrons. The van der Waals surface area contributed by atoms with E-state index in [4.69, 9.17) is 0 Å². The summed E-state index contributed by atoms with van der Waals surface area (Å²) in [6.07, 6.45) is 0.504. The quantitative estimate of drug-likeness (QED) is 0.426. The van der Waals surface area contributed by atoms with E-state index in [1.54, 1.807) is 6.92 Å². The zero-order valence-electron chi connectivity index (χ0n) is 7.25. The normalized spacial score (nSPS) is 9.38. The summed E-state index contributed by atoms with van der Waals surface area (Å²) in [5.41, 5.74) is 5.47. The average molecular weight is 199 g/mol. The van der Waals surface area contributed by atoms with E-state index < -0.39 is 0 Å². The van der Waals surface area contributed by atoms with Gasteiger partial charge in [-0.15, -0.1) is 0 Å². The van der Waals surface area contributed by atoms with Gasteiger partial charge in [0.15, 0.2) is 5.78 Å². The second-order valence-corrected chi connectivity index (χ2v) is 3.38. The van der Waals surface area contributed by atoms with E-state index in [0.717, 1.165) is 0 Å². The van der Waals surface area contributed by atoms with E-state index in [2.05, 4.69) is 15.8 Å². The van der Waals surface area contributed by atoms with Crippen LogP contribution in [0.3, 0.4) is 0 Å². The summed E-state index contributed by atoms with van der Waals surface area (Å²) in [4.78, 5) is 25.6. The Morgan fingerprint density at radius 1 is 1.62 bits per heavy atom. The molecule has 0 spiro atoms. The van der Waals surface area contributed by atoms with Crippen LogP contribution in [0.5, 0.6) is 0 Å². The summed E-state index contributed by atoms with van der Waals surface area (Å²) in [6.45, 7) is 3.23. The van der Waals surface area contributed by atoms with Crippen molar-refractivity contribution in [2.45, 2.75) is 13.8 Å². The second kappa shape index (κ2) is 3.99. The van der Waals surface area contributed by atoms with Crippen LogP contribution < -0.4 is 10.9 Å². The third kappa shape index (κ3) is 2.25. The fourth-order valence-electron chi connectivity index (χ4n) is 0.868. The van der Waals surface area contributed by atoms with Gasteiger partial charge in [-0.25, -0.2) is 4.98 Å². The Hall–Kier alpha value is -1.43. The third-order valence-electron chi connectivity index (χ3n) is 1.35. The van der Waals surface area contributed by atoms with Gasteiger partial charge in [0.2, 0.25) is 11.5 Å². The number of hydrazine groups is 1. The zero-order valence-corrected chi connectivity index (χ0v) is 8.07. The lowest BCUT2D eigenvalue weighted by Crippen LogP contribution is -2.18. The number of hydrogen-bond acceptors (Lipinski definition) is 5. The number of thiazole rings is 1. The Balaban J connectivity index is 2.82. The van der Waals surface area contributed by atoms with Crippen LogP contribution in [0.25, 0.3) is 0 Å². The van der Waals surface area contributed by atoms with Crippen LogP contribution in [0.1, 0.15) is 22.3 Å². The van der Waals surface area contributed by atoms with E-state index in [1.165, 1.54) is 18.3 Å². The van der Waals surface area contributed by atoms with Crippen molar-refractivity contribution in [2.75, 3.05) is 5.43 Å². The van der Waals surface area contributed by atoms with Gasteiger partial charge in [-0.3, -0.25) is 20.4 Å². The van der Waals surface area contributed by atoms with Crippen LogP contribution in [0, 0.1) is 6.92 Å². The van der Waals surface area contributed by atoms with Crippen LogP contribution in [0.2, 0.25) is 0 Å². The number of anilines is 1. The number of nitrogens with zero attached hydrogens (tertiary/aromatic N) is 1. The molecule has 0 aliphatic rings. The van der Waals surface area contributed by atoms with E-state index in [0.29, 0.717) is 22.1 Å². The summed E-state index contributed by atoms with van der Waals surface area (Å²) in [7, 11) is 0. The van der Waals surface area contributed by atoms with Crippen LogP contribution >= 0.6 is 11.3 Å². The van der Waals surface area contributed by atoms with E-state index in [9.17, 15) is 9.59 Å². The first-order chi connectivity index (χ1) is 6.15. The van der Waals surface area contributed by atoms with E-state index in [-0.39, 0.29) is 5.78 Å². The number of carbonyl (C=O) groups excluding carboxylic acids is 2. The zero-order chi connectivity index (χ0) is 9.84. The fourth-order valence-corrected chi connectivity index (χ4v) is 1.69. The Kier molecular flexibility index (Phi) is 2.97. The maximum atomic E-state index is 11.0. The molecule has 1 rings (SSSR count). The van der Waals surface area contributed by atoms with Gasteiger partial charge in [0, 0.05) is 6.92 Å². The molecule has 0 aromatic carbocycles. The summed E-state index contributed by atoms with van der Waals surface area (Å²) in [6, 6.07) is 0. The number of ketones is 1. The maximum Gasteiger partial charge on any atom is 0.225 e. The number of aromatic nitrogens is 1. The molecular weight excluding hydrogens is 190 g/mol. The van der Waals surface area contributed by atoms with Gasteiger partial charge >= 0.3 is 0 Å². The van der Waals surface area contributed by atoms with E-state index >= 15 is 0 Å². The molecule has 0 fully saturated rings. The van der Waals surface area contributed by atoms with Gasteiger partial charge in [0.25, 0.3) is 0 Å². The topological polar surface area (TPSA) is 71.1 Å². The Bertz CT molecular complexity index is 334. The van der Waals surface area contributed by atoms with Crippen molar-refractivity contribution >= 4 is 28.7 Å². The van der Waals surface area contributed by atoms with Gasteiger partial charge in [-0.2, -0.15) is 0 Å². The van der Waals surface area contributed by atoms with Crippen molar-refractivity contribution in [3.05, 3.63) is 10.6 Å². The molecule has 1 heterocycles. The van der Waals surface area contributed by atoms with Crippen LogP contribution in [0.4, 0.5) is 5.13 Å². The Morgan fingerprint density at radius 3 is 2.77 bits per heavy atom. The van der Waals surface area contributed by atoms with Gasteiger partial charge in [-0.1, -0.05) is 11.3 Å². The lowest BCUT2D eigenvalue weighted by Gasteiger charge is -1.95. The molecule has 0 aliphatic heterocycles. The van der Waals surface area contributed by atoms with Crippen molar-refractivity contribution in [2.24, 2.45) is 0 Å². The van der Waals surface area contributed by atoms with Crippen molar-refractivity contribution in [1.82, 2.24) is 10.4 Å². The molecule has 13 heavy (non-hydrogen) atoms. The number of nitrogens with one attached hydrogen (secondary N) is 2. The SMILES string of the molecule is CC(=O)c1sc(NNC=O)nc1C. The van der Waals surface area contributed by atoms with Crippen LogP contribution in [-0.4, -0.2) is 17.2 Å². The molecule has 1 aromatic rings. The van der Waals surface area contributed by atoms with Crippen molar-refractivity contribution in [3.8, 4) is 0 Å². The van der Waals surface area contributed by atoms with Gasteiger partial charge in [-0.05, 0) is 6.92 Å². The number of hydrogen-bond donors (Lipinski definition) is 2. The average Bonchev–Trinajstić information content (AvgIpc) is 2.43. The van der Waals surface area contributed by atoms with Gasteiger partial charge < -0.3 is 0 Å². The minimum atomic E-state index is -0.0193. The van der Waals surface area contributed by atoms with Crippen molar-refractivity contribution in [3.63, 3.8) is 0 Å². The molecule has 2 N–H and O–H groups in total. The highest BCUT2D eigenvalue weighted by atomic mass is 32.1. The molecular formula is C7H9N3O2S. The summed E-state index contributed by atoms with van der Waals surface area (Å²) in [5.74, 6) is -0.0193. The molecule has 0 saturated heterocycles.